The van der Waals surface area contributed by atoms with E-state index in [9.17, 15) is 18.4 Å². The summed E-state index contributed by atoms with van der Waals surface area (Å²) in [5, 5.41) is 2.68. The minimum absolute atomic E-state index is 0.138. The van der Waals surface area contributed by atoms with Crippen LogP contribution in [0, 0.1) is 0 Å². The maximum atomic E-state index is 12.4. The molecular weight excluding hydrogens is 356 g/mol. The van der Waals surface area contributed by atoms with E-state index in [1.165, 1.54) is 18.2 Å². The molecule has 0 bridgehead atoms. The van der Waals surface area contributed by atoms with E-state index < -0.39 is 18.5 Å². The molecule has 25 heavy (non-hydrogen) atoms. The minimum atomic E-state index is -3.01. The Morgan fingerprint density at radius 1 is 1.12 bits per heavy atom. The third-order valence-electron chi connectivity index (χ3n) is 3.06. The highest BCUT2D eigenvalue weighted by Crippen LogP contribution is 2.25. The summed E-state index contributed by atoms with van der Waals surface area (Å²) in [5.74, 6) is -1.30. The second-order valence-corrected chi connectivity index (χ2v) is 5.28. The molecule has 0 aliphatic carbocycles. The summed E-state index contributed by atoms with van der Waals surface area (Å²) in [5.41, 5.74) is 0.591. The number of benzene rings is 2. The van der Waals surface area contributed by atoms with Gasteiger partial charge in [-0.15, -0.1) is 0 Å². The van der Waals surface area contributed by atoms with Crippen molar-refractivity contribution in [1.82, 2.24) is 5.32 Å². The van der Waals surface area contributed by atoms with Crippen LogP contribution >= 0.6 is 11.6 Å². The van der Waals surface area contributed by atoms with Crippen molar-refractivity contribution in [2.24, 2.45) is 0 Å². The minimum Gasteiger partial charge on any atom is -0.459 e. The molecule has 2 aromatic rings. The molecular formula is C17H14ClF2NO4. The SMILES string of the molecule is O=C(CNC(=O)c1ccccc1)OCc1cc(Cl)ccc1OC(F)F. The highest BCUT2D eigenvalue weighted by atomic mass is 35.5. The lowest BCUT2D eigenvalue weighted by Gasteiger charge is -2.12. The third-order valence-corrected chi connectivity index (χ3v) is 3.29. The quantitative estimate of drug-likeness (QED) is 0.760. The van der Waals surface area contributed by atoms with Crippen LogP contribution in [0.5, 0.6) is 5.75 Å². The van der Waals surface area contributed by atoms with Gasteiger partial charge in [0.05, 0.1) is 0 Å². The van der Waals surface area contributed by atoms with Crippen molar-refractivity contribution in [3.63, 3.8) is 0 Å². The predicted molar refractivity (Wildman–Crippen MR) is 86.7 cm³/mol. The lowest BCUT2D eigenvalue weighted by atomic mass is 10.2. The van der Waals surface area contributed by atoms with Crippen molar-refractivity contribution in [1.29, 1.82) is 0 Å². The van der Waals surface area contributed by atoms with E-state index in [2.05, 4.69) is 10.1 Å². The molecule has 0 aliphatic heterocycles. The van der Waals surface area contributed by atoms with E-state index in [0.717, 1.165) is 0 Å². The molecule has 1 amide bonds. The Labute approximate surface area is 147 Å². The van der Waals surface area contributed by atoms with Crippen LogP contribution in [0.3, 0.4) is 0 Å². The van der Waals surface area contributed by atoms with Crippen LogP contribution in [0.15, 0.2) is 48.5 Å². The first-order chi connectivity index (χ1) is 12.0. The van der Waals surface area contributed by atoms with Crippen molar-refractivity contribution >= 4 is 23.5 Å². The summed E-state index contributed by atoms with van der Waals surface area (Å²) >= 11 is 5.80. The largest absolute Gasteiger partial charge is 0.459 e. The molecule has 0 aliphatic rings. The molecule has 8 heteroatoms. The molecule has 0 saturated carbocycles. The van der Waals surface area contributed by atoms with Crippen molar-refractivity contribution < 1.29 is 27.8 Å². The summed E-state index contributed by atoms with van der Waals surface area (Å²) in [7, 11) is 0. The van der Waals surface area contributed by atoms with Crippen LogP contribution in [0.4, 0.5) is 8.78 Å². The van der Waals surface area contributed by atoms with Crippen molar-refractivity contribution in [2.45, 2.75) is 13.2 Å². The standard InChI is InChI=1S/C17H14ClF2NO4/c18-13-6-7-14(25-17(19)20)12(8-13)10-24-15(22)9-21-16(23)11-4-2-1-3-5-11/h1-8,17H,9-10H2,(H,21,23). The number of nitrogens with one attached hydrogen (secondary N) is 1. The predicted octanol–water partition coefficient (Wildman–Crippen LogP) is 3.41. The zero-order valence-corrected chi connectivity index (χ0v) is 13.6. The fraction of sp³-hybridized carbons (Fsp3) is 0.176. The van der Waals surface area contributed by atoms with E-state index in [4.69, 9.17) is 16.3 Å². The van der Waals surface area contributed by atoms with Crippen LogP contribution in [-0.2, 0) is 16.1 Å². The number of hydrogen-bond donors (Lipinski definition) is 1. The normalized spacial score (nSPS) is 10.4. The number of carbonyl (C=O) groups is 2. The first-order valence-electron chi connectivity index (χ1n) is 7.18. The smallest absolute Gasteiger partial charge is 0.387 e. The van der Waals surface area contributed by atoms with E-state index in [0.29, 0.717) is 5.56 Å². The van der Waals surface area contributed by atoms with E-state index in [1.807, 2.05) is 0 Å². The molecule has 0 fully saturated rings. The Kier molecular flexibility index (Phi) is 6.71. The van der Waals surface area contributed by atoms with Gasteiger partial charge in [-0.3, -0.25) is 9.59 Å². The van der Waals surface area contributed by atoms with Crippen LogP contribution in [-0.4, -0.2) is 25.0 Å². The van der Waals surface area contributed by atoms with Crippen molar-refractivity contribution in [3.8, 4) is 5.75 Å². The number of ether oxygens (including phenoxy) is 2. The summed E-state index contributed by atoms with van der Waals surface area (Å²) in [4.78, 5) is 23.5. The molecule has 0 radical (unpaired) electrons. The van der Waals surface area contributed by atoms with Gasteiger partial charge in [-0.2, -0.15) is 8.78 Å². The molecule has 0 aromatic heterocycles. The fourth-order valence-electron chi connectivity index (χ4n) is 1.93. The van der Waals surface area contributed by atoms with Crippen LogP contribution in [0.25, 0.3) is 0 Å². The number of esters is 1. The molecule has 0 saturated heterocycles. The number of amides is 1. The zero-order valence-electron chi connectivity index (χ0n) is 12.9. The monoisotopic (exact) mass is 369 g/mol. The molecule has 2 aromatic carbocycles. The number of alkyl halides is 2. The van der Waals surface area contributed by atoms with Crippen LogP contribution in [0.1, 0.15) is 15.9 Å². The van der Waals surface area contributed by atoms with E-state index in [1.54, 1.807) is 30.3 Å². The average molecular weight is 370 g/mol. The summed E-state index contributed by atoms with van der Waals surface area (Å²) in [6.07, 6.45) is 0. The molecule has 0 unspecified atom stereocenters. The van der Waals surface area contributed by atoms with Gasteiger partial charge in [0.1, 0.15) is 18.9 Å². The maximum absolute atomic E-state index is 12.4. The Balaban J connectivity index is 1.87. The summed E-state index contributed by atoms with van der Waals surface area (Å²) in [6, 6.07) is 12.3. The van der Waals surface area contributed by atoms with Crippen molar-refractivity contribution in [2.75, 3.05) is 6.54 Å². The van der Waals surface area contributed by atoms with Gasteiger partial charge in [-0.05, 0) is 30.3 Å². The molecule has 132 valence electrons. The third kappa shape index (κ3) is 6.04. The van der Waals surface area contributed by atoms with Gasteiger partial charge in [0.2, 0.25) is 0 Å². The number of halogens is 3. The molecule has 0 heterocycles. The van der Waals surface area contributed by atoms with E-state index in [-0.39, 0.29) is 29.5 Å². The average Bonchev–Trinajstić information content (AvgIpc) is 2.60. The second-order valence-electron chi connectivity index (χ2n) is 4.84. The topological polar surface area (TPSA) is 64.6 Å². The number of carbonyl (C=O) groups excluding carboxylic acids is 2. The van der Waals surface area contributed by atoms with Crippen molar-refractivity contribution in [3.05, 3.63) is 64.7 Å². The zero-order chi connectivity index (χ0) is 18.2. The molecule has 0 atom stereocenters. The van der Waals surface area contributed by atoms with Gasteiger partial charge in [0.15, 0.2) is 0 Å². The second kappa shape index (κ2) is 8.98. The van der Waals surface area contributed by atoms with Crippen LogP contribution < -0.4 is 10.1 Å². The lowest BCUT2D eigenvalue weighted by molar-refractivity contribution is -0.143. The van der Waals surface area contributed by atoms with Gasteiger partial charge in [0, 0.05) is 16.1 Å². The first-order valence-corrected chi connectivity index (χ1v) is 7.55. The number of rotatable bonds is 7. The molecule has 1 N–H and O–H groups in total. The fourth-order valence-corrected chi connectivity index (χ4v) is 2.12. The summed E-state index contributed by atoms with van der Waals surface area (Å²) in [6.45, 7) is -3.69. The van der Waals surface area contributed by atoms with Gasteiger partial charge in [-0.1, -0.05) is 29.8 Å². The van der Waals surface area contributed by atoms with Crippen LogP contribution in [0.2, 0.25) is 5.02 Å². The molecule has 5 nitrogen and oxygen atoms in total. The Bertz CT molecular complexity index is 741. The summed E-state index contributed by atoms with van der Waals surface area (Å²) < 4.78 is 34.0. The lowest BCUT2D eigenvalue weighted by Crippen LogP contribution is -2.30. The highest BCUT2D eigenvalue weighted by Gasteiger charge is 2.13. The van der Waals surface area contributed by atoms with Gasteiger partial charge in [-0.25, -0.2) is 0 Å². The highest BCUT2D eigenvalue weighted by molar-refractivity contribution is 6.30. The maximum Gasteiger partial charge on any atom is 0.387 e. The number of hydrogen-bond acceptors (Lipinski definition) is 4. The van der Waals surface area contributed by atoms with Gasteiger partial charge in [0.25, 0.3) is 5.91 Å². The Morgan fingerprint density at radius 2 is 1.84 bits per heavy atom. The molecule has 2 rings (SSSR count). The van der Waals surface area contributed by atoms with Gasteiger partial charge >= 0.3 is 12.6 Å². The molecule has 0 spiro atoms. The Morgan fingerprint density at radius 3 is 2.52 bits per heavy atom. The van der Waals surface area contributed by atoms with Gasteiger partial charge < -0.3 is 14.8 Å². The first kappa shape index (κ1) is 18.7. The Hall–Kier alpha value is -2.67. The van der Waals surface area contributed by atoms with E-state index >= 15 is 0 Å².